The Bertz CT molecular complexity index is 151. The van der Waals surface area contributed by atoms with Crippen molar-refractivity contribution in [1.82, 2.24) is 0 Å². The molecule has 1 aliphatic carbocycles. The van der Waals surface area contributed by atoms with E-state index in [1.165, 1.54) is 19.3 Å². The second-order valence-corrected chi connectivity index (χ2v) is 2.83. The number of allylic oxidation sites excluding steroid dienone is 4. The third-order valence-corrected chi connectivity index (χ3v) is 2.27. The molecule has 0 aliphatic heterocycles. The number of hydrogen-bond acceptors (Lipinski definition) is 0. The highest BCUT2D eigenvalue weighted by molar-refractivity contribution is 5.15. The molecule has 0 aromatic rings. The molecular weight excluding hydrogens is 120 g/mol. The predicted molar refractivity (Wildman–Crippen MR) is 45.9 cm³/mol. The Hall–Kier alpha value is -0.520. The van der Waals surface area contributed by atoms with Gasteiger partial charge in [-0.2, -0.15) is 0 Å². The molecule has 0 saturated carbocycles. The summed E-state index contributed by atoms with van der Waals surface area (Å²) < 4.78 is 0. The van der Waals surface area contributed by atoms with Crippen molar-refractivity contribution in [2.45, 2.75) is 33.1 Å². The zero-order chi connectivity index (χ0) is 7.40. The van der Waals surface area contributed by atoms with Crippen LogP contribution in [0.1, 0.15) is 33.1 Å². The van der Waals surface area contributed by atoms with Crippen LogP contribution in [0.4, 0.5) is 0 Å². The molecule has 1 aliphatic rings. The summed E-state index contributed by atoms with van der Waals surface area (Å²) in [5.74, 6) is 0.773. The molecule has 0 heterocycles. The molecule has 0 N–H and O–H groups in total. The molecule has 1 rings (SSSR count). The van der Waals surface area contributed by atoms with Crippen molar-refractivity contribution in [3.63, 3.8) is 0 Å². The zero-order valence-electron chi connectivity index (χ0n) is 6.93. The highest BCUT2D eigenvalue weighted by atomic mass is 14.2. The van der Waals surface area contributed by atoms with Gasteiger partial charge in [0.1, 0.15) is 0 Å². The average Bonchev–Trinajstić information content (AvgIpc) is 2.43. The van der Waals surface area contributed by atoms with E-state index in [9.17, 15) is 0 Å². The van der Waals surface area contributed by atoms with Crippen molar-refractivity contribution in [1.29, 1.82) is 0 Å². The zero-order valence-corrected chi connectivity index (χ0v) is 6.93. The first-order valence-corrected chi connectivity index (χ1v) is 4.20. The summed E-state index contributed by atoms with van der Waals surface area (Å²) in [7, 11) is 0. The van der Waals surface area contributed by atoms with E-state index in [4.69, 9.17) is 0 Å². The van der Waals surface area contributed by atoms with Gasteiger partial charge in [-0.25, -0.2) is 0 Å². The van der Waals surface area contributed by atoms with Crippen LogP contribution in [0.3, 0.4) is 0 Å². The van der Waals surface area contributed by atoms with Crippen LogP contribution in [-0.4, -0.2) is 0 Å². The lowest BCUT2D eigenvalue weighted by molar-refractivity contribution is 0.700. The maximum Gasteiger partial charge on any atom is -0.00206 e. The molecule has 1 unspecified atom stereocenters. The normalized spacial score (nSPS) is 25.8. The molecule has 0 aromatic heterocycles. The molecule has 0 bridgehead atoms. The molecule has 0 radical (unpaired) electrons. The van der Waals surface area contributed by atoms with Crippen molar-refractivity contribution in [2.24, 2.45) is 5.92 Å². The Balaban J connectivity index is 2.54. The van der Waals surface area contributed by atoms with Gasteiger partial charge in [-0.3, -0.25) is 0 Å². The Kier molecular flexibility index (Phi) is 2.73. The van der Waals surface area contributed by atoms with Gasteiger partial charge in [0.25, 0.3) is 0 Å². The summed E-state index contributed by atoms with van der Waals surface area (Å²) in [6, 6.07) is 0. The molecule has 0 saturated heterocycles. The maximum atomic E-state index is 2.35. The molecule has 0 nitrogen and oxygen atoms in total. The van der Waals surface area contributed by atoms with Gasteiger partial charge in [-0.1, -0.05) is 30.7 Å². The molecular formula is C10H16. The molecule has 0 heteroatoms. The molecule has 0 amide bonds. The largest absolute Gasteiger partial charge is 0.0879 e. The fourth-order valence-corrected chi connectivity index (χ4v) is 1.62. The minimum Gasteiger partial charge on any atom is -0.0879 e. The van der Waals surface area contributed by atoms with E-state index in [-0.39, 0.29) is 0 Å². The number of rotatable bonds is 2. The van der Waals surface area contributed by atoms with Crippen LogP contribution in [0, 0.1) is 5.92 Å². The minimum atomic E-state index is 0.773. The van der Waals surface area contributed by atoms with Crippen molar-refractivity contribution >= 4 is 0 Å². The average molecular weight is 136 g/mol. The van der Waals surface area contributed by atoms with Crippen LogP contribution in [-0.2, 0) is 0 Å². The smallest absolute Gasteiger partial charge is 0.00206 e. The number of hydrogen-bond donors (Lipinski definition) is 0. The van der Waals surface area contributed by atoms with Gasteiger partial charge in [0.15, 0.2) is 0 Å². The van der Waals surface area contributed by atoms with E-state index in [0.717, 1.165) is 5.92 Å². The quantitative estimate of drug-likeness (QED) is 0.511. The van der Waals surface area contributed by atoms with E-state index >= 15 is 0 Å². The fraction of sp³-hybridized carbons (Fsp3) is 0.600. The second kappa shape index (κ2) is 3.60. The van der Waals surface area contributed by atoms with E-state index in [2.05, 4.69) is 32.1 Å². The van der Waals surface area contributed by atoms with Gasteiger partial charge in [-0.15, -0.1) is 0 Å². The summed E-state index contributed by atoms with van der Waals surface area (Å²) in [5, 5.41) is 0. The third kappa shape index (κ3) is 1.50. The van der Waals surface area contributed by atoms with Gasteiger partial charge in [-0.05, 0) is 32.1 Å². The first-order chi connectivity index (χ1) is 4.88. The molecule has 0 fully saturated rings. The summed E-state index contributed by atoms with van der Waals surface area (Å²) >= 11 is 0. The first kappa shape index (κ1) is 7.59. The molecule has 0 aromatic carbocycles. The maximum absolute atomic E-state index is 2.35. The van der Waals surface area contributed by atoms with Gasteiger partial charge in [0.05, 0.1) is 0 Å². The second-order valence-electron chi connectivity index (χ2n) is 2.83. The van der Waals surface area contributed by atoms with Gasteiger partial charge in [0.2, 0.25) is 0 Å². The van der Waals surface area contributed by atoms with Crippen LogP contribution >= 0.6 is 0 Å². The van der Waals surface area contributed by atoms with E-state index < -0.39 is 0 Å². The summed E-state index contributed by atoms with van der Waals surface area (Å²) in [4.78, 5) is 0. The van der Waals surface area contributed by atoms with Crippen molar-refractivity contribution in [2.75, 3.05) is 0 Å². The van der Waals surface area contributed by atoms with Gasteiger partial charge in [0, 0.05) is 0 Å². The fourth-order valence-electron chi connectivity index (χ4n) is 1.62. The van der Waals surface area contributed by atoms with Crippen molar-refractivity contribution in [3.8, 4) is 0 Å². The van der Waals surface area contributed by atoms with Crippen LogP contribution in [0.2, 0.25) is 0 Å². The lowest BCUT2D eigenvalue weighted by Crippen LogP contribution is -1.95. The summed E-state index contributed by atoms with van der Waals surface area (Å²) in [6.45, 7) is 4.38. The lowest BCUT2D eigenvalue weighted by atomic mass is 9.96. The van der Waals surface area contributed by atoms with Crippen LogP contribution in [0.25, 0.3) is 0 Å². The van der Waals surface area contributed by atoms with E-state index in [1.807, 2.05) is 0 Å². The molecule has 10 heavy (non-hydrogen) atoms. The SMILES string of the molecule is C/C=C(\CC)C1C=CCC1. The van der Waals surface area contributed by atoms with Crippen LogP contribution in [0.15, 0.2) is 23.8 Å². The lowest BCUT2D eigenvalue weighted by Gasteiger charge is -2.09. The van der Waals surface area contributed by atoms with Crippen LogP contribution in [0.5, 0.6) is 0 Å². The minimum absolute atomic E-state index is 0.773. The summed E-state index contributed by atoms with van der Waals surface area (Å²) in [6.07, 6.45) is 10.7. The Labute approximate surface area is 63.6 Å². The van der Waals surface area contributed by atoms with Gasteiger partial charge >= 0.3 is 0 Å². The molecule has 0 spiro atoms. The topological polar surface area (TPSA) is 0 Å². The summed E-state index contributed by atoms with van der Waals surface area (Å²) in [5.41, 5.74) is 1.61. The Morgan fingerprint density at radius 1 is 1.70 bits per heavy atom. The van der Waals surface area contributed by atoms with E-state index in [1.54, 1.807) is 5.57 Å². The Morgan fingerprint density at radius 3 is 2.90 bits per heavy atom. The molecule has 56 valence electrons. The van der Waals surface area contributed by atoms with E-state index in [0.29, 0.717) is 0 Å². The Morgan fingerprint density at radius 2 is 2.50 bits per heavy atom. The van der Waals surface area contributed by atoms with Crippen LogP contribution < -0.4 is 0 Å². The standard InChI is InChI=1S/C10H16/c1-3-9(4-2)10-7-5-6-8-10/h3,5,7,10H,4,6,8H2,1-2H3/b9-3+. The first-order valence-electron chi connectivity index (χ1n) is 4.20. The van der Waals surface area contributed by atoms with Gasteiger partial charge < -0.3 is 0 Å². The van der Waals surface area contributed by atoms with Crippen molar-refractivity contribution < 1.29 is 0 Å². The highest BCUT2D eigenvalue weighted by Crippen LogP contribution is 2.26. The van der Waals surface area contributed by atoms with Crippen molar-refractivity contribution in [3.05, 3.63) is 23.8 Å². The molecule has 1 atom stereocenters. The third-order valence-electron chi connectivity index (χ3n) is 2.27. The predicted octanol–water partition coefficient (Wildman–Crippen LogP) is 3.31. The highest BCUT2D eigenvalue weighted by Gasteiger charge is 2.11. The monoisotopic (exact) mass is 136 g/mol.